The summed E-state index contributed by atoms with van der Waals surface area (Å²) in [4.78, 5) is 17.8. The summed E-state index contributed by atoms with van der Waals surface area (Å²) in [5.41, 5.74) is 8.38. The number of aromatic nitrogens is 1. The normalized spacial score (nSPS) is 10.8. The van der Waals surface area contributed by atoms with Crippen molar-refractivity contribution < 1.29 is 9.53 Å². The van der Waals surface area contributed by atoms with Crippen LogP contribution in [-0.2, 0) is 4.74 Å². The zero-order valence-corrected chi connectivity index (χ0v) is 13.0. The number of fused-ring (bicyclic) bond motifs is 1. The molecule has 21 heavy (non-hydrogen) atoms. The third kappa shape index (κ3) is 3.80. The highest BCUT2D eigenvalue weighted by molar-refractivity contribution is 7.21. The first-order valence-electron chi connectivity index (χ1n) is 6.65. The third-order valence-electron chi connectivity index (χ3n) is 2.82. The van der Waals surface area contributed by atoms with Gasteiger partial charge in [-0.05, 0) is 26.0 Å². The Labute approximate surface area is 127 Å². The van der Waals surface area contributed by atoms with E-state index in [4.69, 9.17) is 10.5 Å². The van der Waals surface area contributed by atoms with E-state index in [2.05, 4.69) is 16.9 Å². The van der Waals surface area contributed by atoms with Gasteiger partial charge in [0.25, 0.3) is 5.91 Å². The first kappa shape index (κ1) is 15.5. The fourth-order valence-electron chi connectivity index (χ4n) is 1.82. The topological polar surface area (TPSA) is 77.2 Å². The Hall–Kier alpha value is -1.92. The number of nitrogen functional groups attached to an aromatic ring is 1. The van der Waals surface area contributed by atoms with Crippen LogP contribution in [0.15, 0.2) is 24.3 Å². The highest BCUT2D eigenvalue weighted by Crippen LogP contribution is 2.32. The van der Waals surface area contributed by atoms with Crippen molar-refractivity contribution in [2.24, 2.45) is 0 Å². The zero-order valence-electron chi connectivity index (χ0n) is 12.2. The molecule has 6 heteroatoms. The van der Waals surface area contributed by atoms with E-state index < -0.39 is 0 Å². The van der Waals surface area contributed by atoms with Gasteiger partial charge in [-0.1, -0.05) is 12.2 Å². The molecule has 112 valence electrons. The zero-order chi connectivity index (χ0) is 15.4. The van der Waals surface area contributed by atoms with Crippen LogP contribution in [0.5, 0.6) is 0 Å². The molecule has 0 unspecified atom stereocenters. The number of nitrogens with zero attached hydrogens (tertiary/aromatic N) is 1. The van der Waals surface area contributed by atoms with Crippen molar-refractivity contribution in [3.05, 3.63) is 34.9 Å². The standard InChI is InChI=1S/C15H19N3O2S/c1-9(2)8-20-7-6-17-14(19)13-12(16)11-5-4-10(3)18-15(11)21-13/h4-5H,1,6-8,16H2,2-3H3,(H,17,19). The monoisotopic (exact) mass is 305 g/mol. The van der Waals surface area contributed by atoms with Gasteiger partial charge in [0.2, 0.25) is 0 Å². The third-order valence-corrected chi connectivity index (χ3v) is 3.93. The SMILES string of the molecule is C=C(C)COCCNC(=O)c1sc2nc(C)ccc2c1N. The van der Waals surface area contributed by atoms with Crippen molar-refractivity contribution in [3.8, 4) is 0 Å². The highest BCUT2D eigenvalue weighted by atomic mass is 32.1. The molecule has 2 aromatic rings. The Balaban J connectivity index is 1.99. The fraction of sp³-hybridized carbons (Fsp3) is 0.333. The molecule has 3 N–H and O–H groups in total. The minimum absolute atomic E-state index is 0.188. The lowest BCUT2D eigenvalue weighted by molar-refractivity contribution is 0.0931. The molecule has 2 aromatic heterocycles. The number of aryl methyl sites for hydroxylation is 1. The molecular formula is C15H19N3O2S. The van der Waals surface area contributed by atoms with E-state index in [1.54, 1.807) is 0 Å². The number of rotatable bonds is 6. The largest absolute Gasteiger partial charge is 0.397 e. The van der Waals surface area contributed by atoms with Crippen molar-refractivity contribution >= 4 is 33.1 Å². The van der Waals surface area contributed by atoms with Gasteiger partial charge >= 0.3 is 0 Å². The van der Waals surface area contributed by atoms with E-state index >= 15 is 0 Å². The number of carbonyl (C=O) groups excluding carboxylic acids is 1. The lowest BCUT2D eigenvalue weighted by Crippen LogP contribution is -2.27. The second-order valence-corrected chi connectivity index (χ2v) is 5.91. The molecule has 0 radical (unpaired) electrons. The minimum atomic E-state index is -0.188. The number of carbonyl (C=O) groups is 1. The average Bonchev–Trinajstić information content (AvgIpc) is 2.74. The van der Waals surface area contributed by atoms with E-state index in [-0.39, 0.29) is 5.91 Å². The first-order valence-corrected chi connectivity index (χ1v) is 7.46. The number of thiophene rings is 1. The second kappa shape index (κ2) is 6.69. The van der Waals surface area contributed by atoms with Crippen LogP contribution in [0.1, 0.15) is 22.3 Å². The molecule has 2 heterocycles. The smallest absolute Gasteiger partial charge is 0.263 e. The van der Waals surface area contributed by atoms with Crippen molar-refractivity contribution in [2.45, 2.75) is 13.8 Å². The molecule has 0 aliphatic carbocycles. The summed E-state index contributed by atoms with van der Waals surface area (Å²) in [5.74, 6) is -0.188. The van der Waals surface area contributed by atoms with Gasteiger partial charge in [-0.3, -0.25) is 4.79 Å². The van der Waals surface area contributed by atoms with Crippen LogP contribution in [0.25, 0.3) is 10.2 Å². The van der Waals surface area contributed by atoms with Crippen LogP contribution in [0.2, 0.25) is 0 Å². The Kier molecular flexibility index (Phi) is 4.93. The average molecular weight is 305 g/mol. The summed E-state index contributed by atoms with van der Waals surface area (Å²) in [6.07, 6.45) is 0. The first-order chi connectivity index (χ1) is 9.99. The Morgan fingerprint density at radius 2 is 2.29 bits per heavy atom. The van der Waals surface area contributed by atoms with Gasteiger partial charge in [0.15, 0.2) is 0 Å². The van der Waals surface area contributed by atoms with Crippen LogP contribution in [0.4, 0.5) is 5.69 Å². The molecule has 0 spiro atoms. The maximum atomic E-state index is 12.1. The van der Waals surface area contributed by atoms with Gasteiger partial charge in [0.05, 0.1) is 18.9 Å². The quantitative estimate of drug-likeness (QED) is 0.635. The summed E-state index contributed by atoms with van der Waals surface area (Å²) < 4.78 is 5.33. The maximum absolute atomic E-state index is 12.1. The van der Waals surface area contributed by atoms with E-state index in [0.717, 1.165) is 21.5 Å². The molecule has 0 saturated carbocycles. The highest BCUT2D eigenvalue weighted by Gasteiger charge is 2.16. The summed E-state index contributed by atoms with van der Waals surface area (Å²) in [7, 11) is 0. The molecule has 0 aliphatic heterocycles. The Morgan fingerprint density at radius 3 is 3.00 bits per heavy atom. The lowest BCUT2D eigenvalue weighted by Gasteiger charge is -2.05. The van der Waals surface area contributed by atoms with Gasteiger partial charge in [0.1, 0.15) is 9.71 Å². The molecule has 0 aliphatic rings. The van der Waals surface area contributed by atoms with E-state index in [0.29, 0.717) is 30.3 Å². The number of anilines is 1. The predicted molar refractivity (Wildman–Crippen MR) is 86.7 cm³/mol. The maximum Gasteiger partial charge on any atom is 0.263 e. The molecule has 1 amide bonds. The fourth-order valence-corrected chi connectivity index (χ4v) is 2.88. The molecule has 5 nitrogen and oxygen atoms in total. The van der Waals surface area contributed by atoms with Crippen LogP contribution in [0.3, 0.4) is 0 Å². The Bertz CT molecular complexity index is 679. The number of hydrogen-bond acceptors (Lipinski definition) is 5. The van der Waals surface area contributed by atoms with Gasteiger partial charge in [0, 0.05) is 17.6 Å². The second-order valence-electron chi connectivity index (χ2n) is 4.92. The van der Waals surface area contributed by atoms with Gasteiger partial charge in [-0.15, -0.1) is 11.3 Å². The van der Waals surface area contributed by atoms with Crippen molar-refractivity contribution in [2.75, 3.05) is 25.5 Å². The number of hydrogen-bond donors (Lipinski definition) is 2. The molecule has 0 aromatic carbocycles. The summed E-state index contributed by atoms with van der Waals surface area (Å²) >= 11 is 1.31. The van der Waals surface area contributed by atoms with Gasteiger partial charge in [-0.25, -0.2) is 4.98 Å². The lowest BCUT2D eigenvalue weighted by atomic mass is 10.2. The molecule has 0 saturated heterocycles. The minimum Gasteiger partial charge on any atom is -0.397 e. The number of ether oxygens (including phenoxy) is 1. The molecule has 0 fully saturated rings. The van der Waals surface area contributed by atoms with E-state index in [1.165, 1.54) is 11.3 Å². The molecular weight excluding hydrogens is 286 g/mol. The van der Waals surface area contributed by atoms with Gasteiger partial charge < -0.3 is 15.8 Å². The van der Waals surface area contributed by atoms with E-state index in [9.17, 15) is 4.79 Å². The van der Waals surface area contributed by atoms with Crippen LogP contribution in [0, 0.1) is 6.92 Å². The van der Waals surface area contributed by atoms with Gasteiger partial charge in [-0.2, -0.15) is 0 Å². The van der Waals surface area contributed by atoms with Crippen LogP contribution < -0.4 is 11.1 Å². The van der Waals surface area contributed by atoms with Crippen LogP contribution >= 0.6 is 11.3 Å². The summed E-state index contributed by atoms with van der Waals surface area (Å²) in [6, 6.07) is 3.79. The number of amides is 1. The predicted octanol–water partition coefficient (Wildman–Crippen LogP) is 2.51. The Morgan fingerprint density at radius 1 is 1.52 bits per heavy atom. The van der Waals surface area contributed by atoms with E-state index in [1.807, 2.05) is 26.0 Å². The number of nitrogens with two attached hydrogens (primary N) is 1. The van der Waals surface area contributed by atoms with Crippen molar-refractivity contribution in [1.29, 1.82) is 0 Å². The van der Waals surface area contributed by atoms with Crippen molar-refractivity contribution in [1.82, 2.24) is 10.3 Å². The van der Waals surface area contributed by atoms with Crippen molar-refractivity contribution in [3.63, 3.8) is 0 Å². The number of nitrogens with one attached hydrogen (secondary N) is 1. The van der Waals surface area contributed by atoms with Crippen LogP contribution in [-0.4, -0.2) is 30.6 Å². The molecule has 0 atom stereocenters. The summed E-state index contributed by atoms with van der Waals surface area (Å²) in [5, 5.41) is 3.63. The molecule has 2 rings (SSSR count). The summed E-state index contributed by atoms with van der Waals surface area (Å²) in [6.45, 7) is 8.94. The number of pyridine rings is 1. The molecule has 0 bridgehead atoms.